The smallest absolute Gasteiger partial charge is 0.271 e. The van der Waals surface area contributed by atoms with E-state index in [0.717, 1.165) is 5.56 Å². The molecule has 0 aliphatic rings. The van der Waals surface area contributed by atoms with Crippen molar-refractivity contribution in [1.82, 2.24) is 5.32 Å². The number of hydrogen-bond acceptors (Lipinski definition) is 6. The highest BCUT2D eigenvalue weighted by molar-refractivity contribution is 7.07. The minimum Gasteiger partial charge on any atom is -0.387 e. The molecule has 2 aromatic rings. The van der Waals surface area contributed by atoms with Crippen LogP contribution in [0.5, 0.6) is 0 Å². The van der Waals surface area contributed by atoms with Gasteiger partial charge in [-0.25, -0.2) is 0 Å². The number of nitro groups is 1. The second kappa shape index (κ2) is 8.53. The van der Waals surface area contributed by atoms with Crippen molar-refractivity contribution in [2.45, 2.75) is 25.5 Å². The van der Waals surface area contributed by atoms with Gasteiger partial charge in [-0.05, 0) is 35.4 Å². The summed E-state index contributed by atoms with van der Waals surface area (Å²) in [6.45, 7) is 2.19. The van der Waals surface area contributed by atoms with Crippen LogP contribution in [0.3, 0.4) is 0 Å². The number of nitro benzene ring substituents is 1. The summed E-state index contributed by atoms with van der Waals surface area (Å²) >= 11 is 1.52. The molecule has 7 nitrogen and oxygen atoms in total. The molecule has 24 heavy (non-hydrogen) atoms. The summed E-state index contributed by atoms with van der Waals surface area (Å²) in [4.78, 5) is 22.2. The molecule has 0 bridgehead atoms. The molecule has 0 aliphatic carbocycles. The van der Waals surface area contributed by atoms with Gasteiger partial charge in [0, 0.05) is 36.8 Å². The zero-order valence-corrected chi connectivity index (χ0v) is 14.0. The molecule has 1 amide bonds. The number of non-ortho nitro benzene ring substituents is 1. The molecule has 128 valence electrons. The highest BCUT2D eigenvalue weighted by Gasteiger charge is 2.13. The number of carbonyl (C=O) groups excluding carboxylic acids is 1. The second-order valence-corrected chi connectivity index (χ2v) is 6.22. The highest BCUT2D eigenvalue weighted by Crippen LogP contribution is 2.18. The Morgan fingerprint density at radius 1 is 1.42 bits per heavy atom. The van der Waals surface area contributed by atoms with Gasteiger partial charge in [0.1, 0.15) is 0 Å². The second-order valence-electron chi connectivity index (χ2n) is 5.44. The van der Waals surface area contributed by atoms with E-state index in [1.807, 2.05) is 23.8 Å². The van der Waals surface area contributed by atoms with E-state index in [1.165, 1.54) is 29.5 Å². The van der Waals surface area contributed by atoms with Crippen molar-refractivity contribution in [3.05, 3.63) is 56.8 Å². The van der Waals surface area contributed by atoms with Crippen molar-refractivity contribution in [2.75, 3.05) is 11.9 Å². The van der Waals surface area contributed by atoms with Gasteiger partial charge in [0.05, 0.1) is 11.0 Å². The van der Waals surface area contributed by atoms with Gasteiger partial charge in [0.25, 0.3) is 5.69 Å². The van der Waals surface area contributed by atoms with Crippen LogP contribution in [0.2, 0.25) is 0 Å². The normalized spacial score (nSPS) is 13.2. The van der Waals surface area contributed by atoms with Crippen LogP contribution in [0, 0.1) is 10.1 Å². The van der Waals surface area contributed by atoms with Gasteiger partial charge >= 0.3 is 0 Å². The third kappa shape index (κ3) is 5.41. The van der Waals surface area contributed by atoms with E-state index >= 15 is 0 Å². The highest BCUT2D eigenvalue weighted by atomic mass is 32.1. The molecule has 2 rings (SSSR count). The molecule has 0 spiro atoms. The SMILES string of the molecule is CC(CC(=O)Nc1cccc([N+](=O)[O-])c1)NCC(O)c1ccsc1. The molecule has 2 unspecified atom stereocenters. The van der Waals surface area contributed by atoms with Gasteiger partial charge in [0.15, 0.2) is 0 Å². The Balaban J connectivity index is 1.79. The van der Waals surface area contributed by atoms with Gasteiger partial charge in [-0.15, -0.1) is 0 Å². The van der Waals surface area contributed by atoms with Crippen molar-refractivity contribution in [2.24, 2.45) is 0 Å². The van der Waals surface area contributed by atoms with Gasteiger partial charge in [-0.3, -0.25) is 14.9 Å². The van der Waals surface area contributed by atoms with E-state index in [-0.39, 0.29) is 24.1 Å². The minimum atomic E-state index is -0.612. The molecule has 8 heteroatoms. The molecule has 0 fully saturated rings. The lowest BCUT2D eigenvalue weighted by atomic mass is 10.1. The zero-order valence-electron chi connectivity index (χ0n) is 13.1. The van der Waals surface area contributed by atoms with E-state index in [1.54, 1.807) is 6.07 Å². The first-order valence-electron chi connectivity index (χ1n) is 7.43. The third-order valence-electron chi connectivity index (χ3n) is 3.42. The maximum atomic E-state index is 12.0. The lowest BCUT2D eigenvalue weighted by Crippen LogP contribution is -2.33. The lowest BCUT2D eigenvalue weighted by molar-refractivity contribution is -0.384. The number of rotatable bonds is 8. The first-order chi connectivity index (χ1) is 11.5. The Bertz CT molecular complexity index is 690. The molecule has 3 N–H and O–H groups in total. The van der Waals surface area contributed by atoms with E-state index in [4.69, 9.17) is 0 Å². The molecule has 0 radical (unpaired) electrons. The number of anilines is 1. The average Bonchev–Trinajstić information content (AvgIpc) is 3.07. The first-order valence-corrected chi connectivity index (χ1v) is 8.38. The Labute approximate surface area is 143 Å². The van der Waals surface area contributed by atoms with Crippen LogP contribution in [0.25, 0.3) is 0 Å². The van der Waals surface area contributed by atoms with Crippen LogP contribution >= 0.6 is 11.3 Å². The third-order valence-corrected chi connectivity index (χ3v) is 4.12. The van der Waals surface area contributed by atoms with Crippen molar-refractivity contribution < 1.29 is 14.8 Å². The summed E-state index contributed by atoms with van der Waals surface area (Å²) in [5.41, 5.74) is 1.17. The van der Waals surface area contributed by atoms with E-state index in [2.05, 4.69) is 10.6 Å². The number of amides is 1. The van der Waals surface area contributed by atoms with Crippen LogP contribution in [-0.2, 0) is 4.79 Å². The molecule has 1 heterocycles. The lowest BCUT2D eigenvalue weighted by Gasteiger charge is -2.16. The van der Waals surface area contributed by atoms with Gasteiger partial charge in [0.2, 0.25) is 5.91 Å². The molecule has 0 aliphatic heterocycles. The quantitative estimate of drug-likeness (QED) is 0.502. The number of nitrogens with zero attached hydrogens (tertiary/aromatic N) is 1. The number of nitrogens with one attached hydrogen (secondary N) is 2. The fraction of sp³-hybridized carbons (Fsp3) is 0.312. The fourth-order valence-corrected chi connectivity index (χ4v) is 2.86. The Kier molecular flexibility index (Phi) is 6.42. The van der Waals surface area contributed by atoms with Crippen LogP contribution in [0.15, 0.2) is 41.1 Å². The molecule has 0 saturated heterocycles. The van der Waals surface area contributed by atoms with Gasteiger partial charge < -0.3 is 15.7 Å². The van der Waals surface area contributed by atoms with Gasteiger partial charge in [-0.1, -0.05) is 6.07 Å². The summed E-state index contributed by atoms with van der Waals surface area (Å²) in [6, 6.07) is 7.52. The van der Waals surface area contributed by atoms with Crippen molar-refractivity contribution in [1.29, 1.82) is 0 Å². The van der Waals surface area contributed by atoms with Crippen molar-refractivity contribution in [3.8, 4) is 0 Å². The minimum absolute atomic E-state index is 0.0714. The Morgan fingerprint density at radius 2 is 2.21 bits per heavy atom. The number of hydrogen-bond donors (Lipinski definition) is 3. The number of aliphatic hydroxyl groups excluding tert-OH is 1. The maximum absolute atomic E-state index is 12.0. The fourth-order valence-electron chi connectivity index (χ4n) is 2.15. The summed E-state index contributed by atoms with van der Waals surface area (Å²) in [7, 11) is 0. The number of benzene rings is 1. The number of thiophene rings is 1. The molecular weight excluding hydrogens is 330 g/mol. The van der Waals surface area contributed by atoms with Crippen LogP contribution in [0.1, 0.15) is 25.0 Å². The van der Waals surface area contributed by atoms with E-state index < -0.39 is 11.0 Å². The zero-order chi connectivity index (χ0) is 17.5. The van der Waals surface area contributed by atoms with Crippen LogP contribution in [-0.4, -0.2) is 28.5 Å². The van der Waals surface area contributed by atoms with Gasteiger partial charge in [-0.2, -0.15) is 11.3 Å². The largest absolute Gasteiger partial charge is 0.387 e. The summed E-state index contributed by atoms with van der Waals surface area (Å²) < 4.78 is 0. The topological polar surface area (TPSA) is 104 Å². The Hall–Kier alpha value is -2.29. The van der Waals surface area contributed by atoms with Crippen LogP contribution < -0.4 is 10.6 Å². The average molecular weight is 349 g/mol. The Morgan fingerprint density at radius 3 is 2.88 bits per heavy atom. The summed E-state index contributed by atoms with van der Waals surface area (Å²) in [6.07, 6.45) is -0.419. The predicted molar refractivity (Wildman–Crippen MR) is 93.1 cm³/mol. The standard InChI is InChI=1S/C16H19N3O4S/c1-11(17-9-15(20)12-5-6-24-10-12)7-16(21)18-13-3-2-4-14(8-13)19(22)23/h2-6,8,10-11,15,17,20H,7,9H2,1H3,(H,18,21). The number of aliphatic hydroxyl groups is 1. The van der Waals surface area contributed by atoms with E-state index in [9.17, 15) is 20.0 Å². The molecule has 0 saturated carbocycles. The monoisotopic (exact) mass is 349 g/mol. The molecule has 1 aromatic carbocycles. The van der Waals surface area contributed by atoms with Crippen molar-refractivity contribution in [3.63, 3.8) is 0 Å². The first kappa shape index (κ1) is 18.1. The summed E-state index contributed by atoms with van der Waals surface area (Å²) in [5.74, 6) is -0.250. The molecule has 2 atom stereocenters. The number of carbonyl (C=O) groups is 1. The molecule has 1 aromatic heterocycles. The van der Waals surface area contributed by atoms with E-state index in [0.29, 0.717) is 12.2 Å². The maximum Gasteiger partial charge on any atom is 0.271 e. The van der Waals surface area contributed by atoms with Crippen LogP contribution in [0.4, 0.5) is 11.4 Å². The summed E-state index contributed by atoms with van der Waals surface area (Å²) in [5, 5.41) is 30.2. The van der Waals surface area contributed by atoms with Crippen molar-refractivity contribution >= 4 is 28.6 Å². The predicted octanol–water partition coefficient (Wildman–Crippen LogP) is 2.70. The molecular formula is C16H19N3O4S.